The van der Waals surface area contributed by atoms with Crippen LogP contribution in [0.2, 0.25) is 0 Å². The molecule has 1 aromatic heterocycles. The number of fused-ring (bicyclic) bond motifs is 1. The molecule has 0 atom stereocenters. The summed E-state index contributed by atoms with van der Waals surface area (Å²) in [6, 6.07) is 7.10. The fourth-order valence-corrected chi connectivity index (χ4v) is 4.26. The fraction of sp³-hybridized carbons (Fsp3) is 0.400. The Morgan fingerprint density at radius 3 is 2.71 bits per heavy atom. The van der Waals surface area contributed by atoms with Crippen molar-refractivity contribution in [3.63, 3.8) is 0 Å². The molecule has 0 amide bonds. The monoisotopic (exact) mass is 370 g/mol. The molecule has 0 unspecified atom stereocenters. The lowest BCUT2D eigenvalue weighted by atomic mass is 10.1. The Kier molecular flexibility index (Phi) is 5.35. The average Bonchev–Trinajstić information content (AvgIpc) is 2.48. The molecule has 0 aliphatic carbocycles. The summed E-state index contributed by atoms with van der Waals surface area (Å²) in [5, 5.41) is 1.48. The largest absolute Gasteiger partial charge is 0.256 e. The molecule has 0 aliphatic heterocycles. The number of sulfonamides is 1. The zero-order chi connectivity index (χ0) is 15.5. The van der Waals surface area contributed by atoms with Gasteiger partial charge in [0.2, 0.25) is 10.0 Å². The normalized spacial score (nSPS) is 12.2. The highest BCUT2D eigenvalue weighted by molar-refractivity contribution is 9.09. The zero-order valence-electron chi connectivity index (χ0n) is 12.2. The molecule has 0 bridgehead atoms. The minimum absolute atomic E-state index is 0.340. The third kappa shape index (κ3) is 3.27. The average molecular weight is 371 g/mol. The van der Waals surface area contributed by atoms with Crippen molar-refractivity contribution >= 4 is 36.9 Å². The Hall–Kier alpha value is -0.980. The van der Waals surface area contributed by atoms with Gasteiger partial charge in [0.15, 0.2) is 0 Å². The number of hydrogen-bond acceptors (Lipinski definition) is 3. The Morgan fingerprint density at radius 1 is 1.29 bits per heavy atom. The van der Waals surface area contributed by atoms with Crippen LogP contribution < -0.4 is 0 Å². The van der Waals surface area contributed by atoms with Crippen LogP contribution in [0.15, 0.2) is 35.4 Å². The van der Waals surface area contributed by atoms with Gasteiger partial charge in [-0.1, -0.05) is 28.9 Å². The van der Waals surface area contributed by atoms with E-state index in [1.165, 1.54) is 4.31 Å². The fourth-order valence-electron chi connectivity index (χ4n) is 2.34. The summed E-state index contributed by atoms with van der Waals surface area (Å²) < 4.78 is 27.3. The van der Waals surface area contributed by atoms with Crippen LogP contribution in [0, 0.1) is 6.92 Å². The van der Waals surface area contributed by atoms with Crippen molar-refractivity contribution < 1.29 is 8.42 Å². The van der Waals surface area contributed by atoms with Crippen molar-refractivity contribution in [2.24, 2.45) is 0 Å². The molecular weight excluding hydrogens is 352 g/mol. The summed E-state index contributed by atoms with van der Waals surface area (Å²) in [5.41, 5.74) is 1.73. The van der Waals surface area contributed by atoms with Crippen LogP contribution in [0.3, 0.4) is 0 Å². The number of alkyl halides is 1. The van der Waals surface area contributed by atoms with Crippen molar-refractivity contribution in [1.29, 1.82) is 0 Å². The van der Waals surface area contributed by atoms with E-state index in [1.807, 2.05) is 26.0 Å². The standard InChI is InChI=1S/C15H19BrN2O2S/c1-3-18(11-5-9-16)21(19,20)14-8-7-12(2)15-13(14)6-4-10-17-15/h4,6-8,10H,3,5,9,11H2,1-2H3. The van der Waals surface area contributed by atoms with E-state index >= 15 is 0 Å². The molecule has 0 radical (unpaired) electrons. The molecule has 114 valence electrons. The van der Waals surface area contributed by atoms with Gasteiger partial charge >= 0.3 is 0 Å². The Balaban J connectivity index is 2.57. The lowest BCUT2D eigenvalue weighted by Gasteiger charge is -2.21. The van der Waals surface area contributed by atoms with Gasteiger partial charge in [0.05, 0.1) is 10.4 Å². The van der Waals surface area contributed by atoms with Crippen LogP contribution in [0.1, 0.15) is 18.9 Å². The second-order valence-electron chi connectivity index (χ2n) is 4.82. The topological polar surface area (TPSA) is 50.3 Å². The van der Waals surface area contributed by atoms with E-state index in [0.717, 1.165) is 22.8 Å². The number of aryl methyl sites for hydroxylation is 1. The first-order valence-electron chi connectivity index (χ1n) is 6.92. The molecule has 4 nitrogen and oxygen atoms in total. The highest BCUT2D eigenvalue weighted by atomic mass is 79.9. The zero-order valence-corrected chi connectivity index (χ0v) is 14.6. The molecule has 6 heteroatoms. The van der Waals surface area contributed by atoms with E-state index in [0.29, 0.717) is 23.4 Å². The summed E-state index contributed by atoms with van der Waals surface area (Å²) >= 11 is 3.35. The van der Waals surface area contributed by atoms with Gasteiger partial charge in [-0.05, 0) is 37.1 Å². The molecule has 0 N–H and O–H groups in total. The first kappa shape index (κ1) is 16.4. The van der Waals surface area contributed by atoms with Gasteiger partial charge < -0.3 is 0 Å². The highest BCUT2D eigenvalue weighted by Gasteiger charge is 2.25. The summed E-state index contributed by atoms with van der Waals surface area (Å²) in [4.78, 5) is 4.65. The van der Waals surface area contributed by atoms with Gasteiger partial charge in [-0.2, -0.15) is 4.31 Å². The quantitative estimate of drug-likeness (QED) is 0.732. The molecule has 2 aromatic rings. The van der Waals surface area contributed by atoms with Gasteiger partial charge in [-0.3, -0.25) is 4.98 Å². The van der Waals surface area contributed by atoms with E-state index < -0.39 is 10.0 Å². The molecule has 1 heterocycles. The summed E-state index contributed by atoms with van der Waals surface area (Å²) in [7, 11) is -3.49. The molecule has 0 saturated heterocycles. The van der Waals surface area contributed by atoms with Gasteiger partial charge in [-0.25, -0.2) is 8.42 Å². The lowest BCUT2D eigenvalue weighted by Crippen LogP contribution is -2.32. The number of pyridine rings is 1. The smallest absolute Gasteiger partial charge is 0.243 e. The van der Waals surface area contributed by atoms with Crippen molar-refractivity contribution in [1.82, 2.24) is 9.29 Å². The van der Waals surface area contributed by atoms with Crippen LogP contribution in [0.4, 0.5) is 0 Å². The molecule has 21 heavy (non-hydrogen) atoms. The number of nitrogens with zero attached hydrogens (tertiary/aromatic N) is 2. The maximum Gasteiger partial charge on any atom is 0.243 e. The lowest BCUT2D eigenvalue weighted by molar-refractivity contribution is 0.429. The van der Waals surface area contributed by atoms with Crippen LogP contribution in [-0.4, -0.2) is 36.1 Å². The Bertz CT molecular complexity index is 732. The maximum atomic E-state index is 12.9. The SMILES string of the molecule is CCN(CCCBr)S(=O)(=O)c1ccc(C)c2ncccc12. The molecule has 0 saturated carbocycles. The summed E-state index contributed by atoms with van der Waals surface area (Å²) in [5.74, 6) is 0. The molecule has 0 aliphatic rings. The van der Waals surface area contributed by atoms with E-state index in [9.17, 15) is 8.42 Å². The highest BCUT2D eigenvalue weighted by Crippen LogP contribution is 2.26. The third-order valence-electron chi connectivity index (χ3n) is 3.44. The third-order valence-corrected chi connectivity index (χ3v) is 6.04. The Morgan fingerprint density at radius 2 is 2.05 bits per heavy atom. The van der Waals surface area contributed by atoms with Crippen LogP contribution in [0.5, 0.6) is 0 Å². The summed E-state index contributed by atoms with van der Waals surface area (Å²) in [6.07, 6.45) is 2.48. The summed E-state index contributed by atoms with van der Waals surface area (Å²) in [6.45, 7) is 4.78. The van der Waals surface area contributed by atoms with Gasteiger partial charge in [-0.15, -0.1) is 0 Å². The number of halogens is 1. The predicted molar refractivity (Wildman–Crippen MR) is 89.3 cm³/mol. The van der Waals surface area contributed by atoms with Crippen LogP contribution in [0.25, 0.3) is 10.9 Å². The van der Waals surface area contributed by atoms with Crippen molar-refractivity contribution in [2.45, 2.75) is 25.2 Å². The van der Waals surface area contributed by atoms with E-state index in [2.05, 4.69) is 20.9 Å². The van der Waals surface area contributed by atoms with Crippen LogP contribution in [-0.2, 0) is 10.0 Å². The van der Waals surface area contributed by atoms with Gasteiger partial charge in [0.1, 0.15) is 0 Å². The number of hydrogen-bond donors (Lipinski definition) is 0. The molecule has 1 aromatic carbocycles. The van der Waals surface area contributed by atoms with Gasteiger partial charge in [0, 0.05) is 30.0 Å². The molecular formula is C15H19BrN2O2S. The van der Waals surface area contributed by atoms with Crippen molar-refractivity contribution in [3.05, 3.63) is 36.0 Å². The number of aromatic nitrogens is 1. The molecule has 0 fully saturated rings. The molecule has 0 spiro atoms. The number of benzene rings is 1. The minimum atomic E-state index is -3.49. The van der Waals surface area contributed by atoms with Gasteiger partial charge in [0.25, 0.3) is 0 Å². The van der Waals surface area contributed by atoms with Crippen molar-refractivity contribution in [2.75, 3.05) is 18.4 Å². The minimum Gasteiger partial charge on any atom is -0.256 e. The van der Waals surface area contributed by atoms with E-state index in [4.69, 9.17) is 0 Å². The first-order chi connectivity index (χ1) is 10.0. The van der Waals surface area contributed by atoms with Crippen molar-refractivity contribution in [3.8, 4) is 0 Å². The Labute approximate surface area is 134 Å². The second-order valence-corrected chi connectivity index (χ2v) is 7.52. The number of rotatable bonds is 6. The van der Waals surface area contributed by atoms with E-state index in [-0.39, 0.29) is 0 Å². The first-order valence-corrected chi connectivity index (χ1v) is 9.49. The second kappa shape index (κ2) is 6.85. The predicted octanol–water partition coefficient (Wildman–Crippen LogP) is 3.34. The van der Waals surface area contributed by atoms with Crippen LogP contribution >= 0.6 is 15.9 Å². The van der Waals surface area contributed by atoms with E-state index in [1.54, 1.807) is 18.3 Å². The maximum absolute atomic E-state index is 12.9. The molecule has 2 rings (SSSR count).